The van der Waals surface area contributed by atoms with Crippen LogP contribution in [-0.2, 0) is 9.53 Å². The molecule has 0 aliphatic heterocycles. The lowest BCUT2D eigenvalue weighted by Crippen LogP contribution is -2.21. The molecule has 0 bridgehead atoms. The maximum atomic E-state index is 11.4. The standard InChI is InChI=1S/C10H14ClN3O2/c1-7-4-8(10(11)13-5-7)14-9(15)6-16-3-2-12/h4-5H,2-3,6,12H2,1H3,(H,14,15). The molecule has 1 aromatic rings. The van der Waals surface area contributed by atoms with Gasteiger partial charge in [0.25, 0.3) is 0 Å². The first kappa shape index (κ1) is 12.9. The Hall–Kier alpha value is -1.17. The van der Waals surface area contributed by atoms with Gasteiger partial charge in [-0.15, -0.1) is 0 Å². The summed E-state index contributed by atoms with van der Waals surface area (Å²) in [6.45, 7) is 2.57. The van der Waals surface area contributed by atoms with Gasteiger partial charge in [-0.05, 0) is 18.6 Å². The predicted octanol–water partition coefficient (Wildman–Crippen LogP) is 0.957. The van der Waals surface area contributed by atoms with Gasteiger partial charge < -0.3 is 15.8 Å². The first-order valence-corrected chi connectivity index (χ1v) is 5.21. The van der Waals surface area contributed by atoms with Crippen LogP contribution >= 0.6 is 11.6 Å². The molecule has 0 saturated heterocycles. The van der Waals surface area contributed by atoms with Crippen molar-refractivity contribution >= 4 is 23.2 Å². The Kier molecular flexibility index (Phi) is 5.18. The Bertz CT molecular complexity index is 371. The van der Waals surface area contributed by atoms with Crippen LogP contribution in [0.2, 0.25) is 5.15 Å². The highest BCUT2D eigenvalue weighted by Gasteiger charge is 2.06. The minimum atomic E-state index is -0.275. The van der Waals surface area contributed by atoms with Gasteiger partial charge in [-0.1, -0.05) is 11.6 Å². The Morgan fingerprint density at radius 3 is 3.12 bits per heavy atom. The van der Waals surface area contributed by atoms with Gasteiger partial charge in [0.05, 0.1) is 12.3 Å². The highest BCUT2D eigenvalue weighted by atomic mass is 35.5. The number of nitrogens with two attached hydrogens (primary N) is 1. The van der Waals surface area contributed by atoms with E-state index in [2.05, 4.69) is 10.3 Å². The molecule has 5 nitrogen and oxygen atoms in total. The van der Waals surface area contributed by atoms with Crippen LogP contribution in [0.25, 0.3) is 0 Å². The second kappa shape index (κ2) is 6.42. The van der Waals surface area contributed by atoms with Gasteiger partial charge in [0.15, 0.2) is 5.15 Å². The van der Waals surface area contributed by atoms with Crippen molar-refractivity contribution in [2.75, 3.05) is 25.1 Å². The maximum absolute atomic E-state index is 11.4. The van der Waals surface area contributed by atoms with Crippen molar-refractivity contribution in [3.63, 3.8) is 0 Å². The Labute approximate surface area is 98.9 Å². The number of amides is 1. The molecule has 1 heterocycles. The molecule has 0 aliphatic carbocycles. The van der Waals surface area contributed by atoms with Gasteiger partial charge in [-0.3, -0.25) is 4.79 Å². The quantitative estimate of drug-likeness (QED) is 0.597. The number of halogens is 1. The van der Waals surface area contributed by atoms with E-state index in [0.29, 0.717) is 18.8 Å². The summed E-state index contributed by atoms with van der Waals surface area (Å²) in [6.07, 6.45) is 1.63. The van der Waals surface area contributed by atoms with E-state index in [1.807, 2.05) is 6.92 Å². The fourth-order valence-electron chi connectivity index (χ4n) is 1.07. The monoisotopic (exact) mass is 243 g/mol. The lowest BCUT2D eigenvalue weighted by molar-refractivity contribution is -0.120. The molecule has 16 heavy (non-hydrogen) atoms. The van der Waals surface area contributed by atoms with Crippen molar-refractivity contribution in [1.29, 1.82) is 0 Å². The summed E-state index contributed by atoms with van der Waals surface area (Å²) in [4.78, 5) is 15.3. The third-order valence-corrected chi connectivity index (χ3v) is 2.05. The number of hydrogen-bond acceptors (Lipinski definition) is 4. The van der Waals surface area contributed by atoms with E-state index in [9.17, 15) is 4.79 Å². The molecule has 0 atom stereocenters. The Morgan fingerprint density at radius 1 is 1.69 bits per heavy atom. The van der Waals surface area contributed by atoms with Crippen LogP contribution in [0.1, 0.15) is 5.56 Å². The summed E-state index contributed by atoms with van der Waals surface area (Å²) in [6, 6.07) is 1.75. The number of hydrogen-bond donors (Lipinski definition) is 2. The lowest BCUT2D eigenvalue weighted by Gasteiger charge is -2.07. The predicted molar refractivity (Wildman–Crippen MR) is 62.5 cm³/mol. The maximum Gasteiger partial charge on any atom is 0.250 e. The van der Waals surface area contributed by atoms with Crippen LogP contribution in [0.4, 0.5) is 5.69 Å². The molecular weight excluding hydrogens is 230 g/mol. The second-order valence-electron chi connectivity index (χ2n) is 3.24. The van der Waals surface area contributed by atoms with Gasteiger partial charge in [0, 0.05) is 12.7 Å². The van der Waals surface area contributed by atoms with Crippen LogP contribution in [0.5, 0.6) is 0 Å². The molecule has 0 aliphatic rings. The average molecular weight is 244 g/mol. The summed E-state index contributed by atoms with van der Waals surface area (Å²) in [5, 5.41) is 2.87. The minimum Gasteiger partial charge on any atom is -0.370 e. The molecule has 1 amide bonds. The van der Waals surface area contributed by atoms with Crippen LogP contribution in [-0.4, -0.2) is 30.6 Å². The molecule has 0 unspecified atom stereocenters. The summed E-state index contributed by atoms with van der Waals surface area (Å²) < 4.78 is 4.99. The van der Waals surface area contributed by atoms with Crippen molar-refractivity contribution in [2.45, 2.75) is 6.92 Å². The normalized spacial score (nSPS) is 10.2. The summed E-state index contributed by atoms with van der Waals surface area (Å²) in [7, 11) is 0. The fourth-order valence-corrected chi connectivity index (χ4v) is 1.23. The molecule has 0 radical (unpaired) electrons. The number of aromatic nitrogens is 1. The molecule has 0 fully saturated rings. The number of carbonyl (C=O) groups excluding carboxylic acids is 1. The molecule has 1 rings (SSSR count). The zero-order valence-electron chi connectivity index (χ0n) is 9.00. The third kappa shape index (κ3) is 4.14. The van der Waals surface area contributed by atoms with Crippen LogP contribution in [0.15, 0.2) is 12.3 Å². The van der Waals surface area contributed by atoms with Crippen molar-refractivity contribution in [1.82, 2.24) is 4.98 Å². The Balaban J connectivity index is 2.52. The van der Waals surface area contributed by atoms with Crippen LogP contribution in [0, 0.1) is 6.92 Å². The lowest BCUT2D eigenvalue weighted by atomic mass is 10.3. The second-order valence-corrected chi connectivity index (χ2v) is 3.60. The van der Waals surface area contributed by atoms with Gasteiger partial charge in [-0.25, -0.2) is 4.98 Å². The molecule has 3 N–H and O–H groups in total. The van der Waals surface area contributed by atoms with Gasteiger partial charge in [-0.2, -0.15) is 0 Å². The molecule has 0 spiro atoms. The first-order chi connectivity index (χ1) is 7.63. The molecular formula is C10H14ClN3O2. The van der Waals surface area contributed by atoms with E-state index < -0.39 is 0 Å². The number of nitrogens with one attached hydrogen (secondary N) is 1. The zero-order chi connectivity index (χ0) is 12.0. The number of anilines is 1. The zero-order valence-corrected chi connectivity index (χ0v) is 9.75. The summed E-state index contributed by atoms with van der Waals surface area (Å²) in [5.74, 6) is -0.275. The average Bonchev–Trinajstić information content (AvgIpc) is 2.24. The number of pyridine rings is 1. The molecule has 1 aromatic heterocycles. The topological polar surface area (TPSA) is 77.2 Å². The number of carbonyl (C=O) groups is 1. The molecule has 88 valence electrons. The van der Waals surface area contributed by atoms with Crippen molar-refractivity contribution in [3.05, 3.63) is 23.0 Å². The smallest absolute Gasteiger partial charge is 0.250 e. The van der Waals surface area contributed by atoms with E-state index in [0.717, 1.165) is 5.56 Å². The van der Waals surface area contributed by atoms with Crippen molar-refractivity contribution < 1.29 is 9.53 Å². The highest BCUT2D eigenvalue weighted by Crippen LogP contribution is 2.19. The number of ether oxygens (including phenoxy) is 1. The van der Waals surface area contributed by atoms with Crippen molar-refractivity contribution in [2.24, 2.45) is 5.73 Å². The van der Waals surface area contributed by atoms with E-state index in [1.165, 1.54) is 0 Å². The minimum absolute atomic E-state index is 0.0402. The van der Waals surface area contributed by atoms with Gasteiger partial charge >= 0.3 is 0 Å². The van der Waals surface area contributed by atoms with Gasteiger partial charge in [0.2, 0.25) is 5.91 Å². The molecule has 0 aromatic carbocycles. The fraction of sp³-hybridized carbons (Fsp3) is 0.400. The van der Waals surface area contributed by atoms with E-state index in [4.69, 9.17) is 22.1 Å². The summed E-state index contributed by atoms with van der Waals surface area (Å²) in [5.41, 5.74) is 6.63. The highest BCUT2D eigenvalue weighted by molar-refractivity contribution is 6.32. The number of aryl methyl sites for hydroxylation is 1. The van der Waals surface area contributed by atoms with E-state index in [1.54, 1.807) is 12.3 Å². The SMILES string of the molecule is Cc1cnc(Cl)c(NC(=O)COCCN)c1. The molecule has 6 heteroatoms. The van der Waals surface area contributed by atoms with Crippen molar-refractivity contribution in [3.8, 4) is 0 Å². The Morgan fingerprint density at radius 2 is 2.44 bits per heavy atom. The van der Waals surface area contributed by atoms with Crippen LogP contribution < -0.4 is 11.1 Å². The molecule has 0 saturated carbocycles. The van der Waals surface area contributed by atoms with E-state index >= 15 is 0 Å². The largest absolute Gasteiger partial charge is 0.370 e. The van der Waals surface area contributed by atoms with Crippen LogP contribution in [0.3, 0.4) is 0 Å². The van der Waals surface area contributed by atoms with Gasteiger partial charge in [0.1, 0.15) is 6.61 Å². The number of rotatable bonds is 5. The first-order valence-electron chi connectivity index (χ1n) is 4.83. The number of nitrogens with zero attached hydrogens (tertiary/aromatic N) is 1. The summed E-state index contributed by atoms with van der Waals surface area (Å²) >= 11 is 5.81. The van der Waals surface area contributed by atoms with E-state index in [-0.39, 0.29) is 17.7 Å². The third-order valence-electron chi connectivity index (χ3n) is 1.75.